The smallest absolute Gasteiger partial charge is 0.232 e. The first-order valence-electron chi connectivity index (χ1n) is 7.70. The minimum Gasteiger partial charge on any atom is -0.342 e. The van der Waals surface area contributed by atoms with E-state index in [-0.39, 0.29) is 0 Å². The summed E-state index contributed by atoms with van der Waals surface area (Å²) < 4.78 is 0. The lowest BCUT2D eigenvalue weighted by Crippen LogP contribution is -2.34. The molecule has 0 N–H and O–H groups in total. The van der Waals surface area contributed by atoms with Crippen LogP contribution in [0.4, 0.5) is 0 Å². The standard InChI is InChI=1S/C17H25NOS/c1-3-9-18(10-4-2)17(19)13-20-16-11-14-7-5-6-8-15(14)12-16/h5-8,16H,3-4,9-13H2,1-2H3. The van der Waals surface area contributed by atoms with Crippen molar-refractivity contribution >= 4 is 17.7 Å². The van der Waals surface area contributed by atoms with Crippen LogP contribution in [-0.4, -0.2) is 34.9 Å². The first kappa shape index (κ1) is 15.4. The van der Waals surface area contributed by atoms with E-state index in [1.807, 2.05) is 16.7 Å². The summed E-state index contributed by atoms with van der Waals surface area (Å²) >= 11 is 1.84. The van der Waals surface area contributed by atoms with Crippen LogP contribution in [0.5, 0.6) is 0 Å². The number of benzene rings is 1. The minimum atomic E-state index is 0.314. The fourth-order valence-corrected chi connectivity index (χ4v) is 3.97. The van der Waals surface area contributed by atoms with Crippen molar-refractivity contribution in [3.8, 4) is 0 Å². The van der Waals surface area contributed by atoms with Gasteiger partial charge in [0, 0.05) is 18.3 Å². The Labute approximate surface area is 126 Å². The lowest BCUT2D eigenvalue weighted by atomic mass is 10.1. The highest BCUT2D eigenvalue weighted by molar-refractivity contribution is 8.00. The molecule has 1 amide bonds. The molecule has 0 atom stereocenters. The van der Waals surface area contributed by atoms with Crippen LogP contribution in [0.1, 0.15) is 37.8 Å². The van der Waals surface area contributed by atoms with E-state index < -0.39 is 0 Å². The summed E-state index contributed by atoms with van der Waals surface area (Å²) in [5, 5.41) is 0.585. The third-order valence-corrected chi connectivity index (χ3v) is 5.01. The molecule has 1 aromatic rings. The Kier molecular flexibility index (Phi) is 5.96. The van der Waals surface area contributed by atoms with Crippen molar-refractivity contribution in [1.29, 1.82) is 0 Å². The predicted octanol–water partition coefficient (Wildman–Crippen LogP) is 3.54. The molecule has 0 bridgehead atoms. The fraction of sp³-hybridized carbons (Fsp3) is 0.588. The van der Waals surface area contributed by atoms with Gasteiger partial charge in [-0.05, 0) is 36.8 Å². The molecule has 2 nitrogen and oxygen atoms in total. The molecule has 0 spiro atoms. The summed E-state index contributed by atoms with van der Waals surface area (Å²) in [5.74, 6) is 0.952. The van der Waals surface area contributed by atoms with Gasteiger partial charge >= 0.3 is 0 Å². The molecular weight excluding hydrogens is 266 g/mol. The molecule has 20 heavy (non-hydrogen) atoms. The molecule has 0 aliphatic heterocycles. The fourth-order valence-electron chi connectivity index (χ4n) is 2.82. The number of rotatable bonds is 7. The van der Waals surface area contributed by atoms with Crippen LogP contribution in [0.2, 0.25) is 0 Å². The average molecular weight is 291 g/mol. The first-order chi connectivity index (χ1) is 9.74. The number of fused-ring (bicyclic) bond motifs is 1. The van der Waals surface area contributed by atoms with E-state index in [1.54, 1.807) is 0 Å². The van der Waals surface area contributed by atoms with E-state index in [0.29, 0.717) is 16.9 Å². The highest BCUT2D eigenvalue weighted by Crippen LogP contribution is 2.30. The summed E-state index contributed by atoms with van der Waals surface area (Å²) in [6, 6.07) is 8.67. The van der Waals surface area contributed by atoms with Gasteiger partial charge in [-0.3, -0.25) is 4.79 Å². The van der Waals surface area contributed by atoms with Gasteiger partial charge in [-0.1, -0.05) is 38.1 Å². The SMILES string of the molecule is CCCN(CCC)C(=O)CSC1Cc2ccccc2C1. The monoisotopic (exact) mass is 291 g/mol. The molecule has 3 heteroatoms. The lowest BCUT2D eigenvalue weighted by molar-refractivity contribution is -0.128. The number of thioether (sulfide) groups is 1. The zero-order valence-electron chi connectivity index (χ0n) is 12.6. The van der Waals surface area contributed by atoms with Crippen LogP contribution in [-0.2, 0) is 17.6 Å². The average Bonchev–Trinajstić information content (AvgIpc) is 2.87. The number of carbonyl (C=O) groups excluding carboxylic acids is 1. The van der Waals surface area contributed by atoms with Crippen molar-refractivity contribution < 1.29 is 4.79 Å². The second-order valence-electron chi connectivity index (χ2n) is 5.49. The van der Waals surface area contributed by atoms with E-state index in [4.69, 9.17) is 0 Å². The molecule has 1 aliphatic carbocycles. The Morgan fingerprint density at radius 2 is 1.70 bits per heavy atom. The van der Waals surface area contributed by atoms with E-state index in [1.165, 1.54) is 11.1 Å². The zero-order valence-corrected chi connectivity index (χ0v) is 13.4. The number of carbonyl (C=O) groups is 1. The Morgan fingerprint density at radius 3 is 2.20 bits per heavy atom. The molecule has 1 aliphatic rings. The van der Waals surface area contributed by atoms with Crippen molar-refractivity contribution in [1.82, 2.24) is 4.90 Å². The topological polar surface area (TPSA) is 20.3 Å². The molecule has 0 unspecified atom stereocenters. The Bertz CT molecular complexity index is 415. The molecule has 0 saturated carbocycles. The Balaban J connectivity index is 1.80. The summed E-state index contributed by atoms with van der Waals surface area (Å²) in [4.78, 5) is 14.3. The van der Waals surface area contributed by atoms with Gasteiger partial charge in [0.15, 0.2) is 0 Å². The van der Waals surface area contributed by atoms with Gasteiger partial charge in [0.1, 0.15) is 0 Å². The van der Waals surface area contributed by atoms with Gasteiger partial charge in [0.05, 0.1) is 5.75 Å². The van der Waals surface area contributed by atoms with Crippen LogP contribution in [0, 0.1) is 0 Å². The maximum Gasteiger partial charge on any atom is 0.232 e. The highest BCUT2D eigenvalue weighted by Gasteiger charge is 2.23. The van der Waals surface area contributed by atoms with Crippen molar-refractivity contribution in [3.63, 3.8) is 0 Å². The third-order valence-electron chi connectivity index (χ3n) is 3.80. The molecular formula is C17H25NOS. The van der Waals surface area contributed by atoms with Crippen molar-refractivity contribution in [2.75, 3.05) is 18.8 Å². The lowest BCUT2D eigenvalue weighted by Gasteiger charge is -2.22. The molecule has 0 aromatic heterocycles. The molecule has 0 saturated heterocycles. The molecule has 1 aromatic carbocycles. The van der Waals surface area contributed by atoms with Gasteiger partial charge in [-0.25, -0.2) is 0 Å². The Hall–Kier alpha value is -0.960. The van der Waals surface area contributed by atoms with Crippen LogP contribution in [0.3, 0.4) is 0 Å². The highest BCUT2D eigenvalue weighted by atomic mass is 32.2. The molecule has 2 rings (SSSR count). The van der Waals surface area contributed by atoms with Crippen molar-refractivity contribution in [2.24, 2.45) is 0 Å². The second-order valence-corrected chi connectivity index (χ2v) is 6.78. The normalized spacial score (nSPS) is 14.3. The van der Waals surface area contributed by atoms with Gasteiger partial charge in [-0.15, -0.1) is 11.8 Å². The first-order valence-corrected chi connectivity index (χ1v) is 8.75. The molecule has 0 fully saturated rings. The minimum absolute atomic E-state index is 0.314. The van der Waals surface area contributed by atoms with E-state index in [0.717, 1.165) is 38.8 Å². The van der Waals surface area contributed by atoms with Gasteiger partial charge in [0.2, 0.25) is 5.91 Å². The van der Waals surface area contributed by atoms with Crippen LogP contribution >= 0.6 is 11.8 Å². The number of amides is 1. The summed E-state index contributed by atoms with van der Waals surface area (Å²) in [6.07, 6.45) is 4.34. The van der Waals surface area contributed by atoms with E-state index in [2.05, 4.69) is 38.1 Å². The number of nitrogens with zero attached hydrogens (tertiary/aromatic N) is 1. The predicted molar refractivity (Wildman–Crippen MR) is 87.3 cm³/mol. The van der Waals surface area contributed by atoms with Gasteiger partial charge in [0.25, 0.3) is 0 Å². The van der Waals surface area contributed by atoms with E-state index >= 15 is 0 Å². The summed E-state index contributed by atoms with van der Waals surface area (Å²) in [7, 11) is 0. The maximum atomic E-state index is 12.3. The Morgan fingerprint density at radius 1 is 1.15 bits per heavy atom. The largest absolute Gasteiger partial charge is 0.342 e. The van der Waals surface area contributed by atoms with Crippen molar-refractivity contribution in [2.45, 2.75) is 44.8 Å². The number of hydrogen-bond donors (Lipinski definition) is 0. The second kappa shape index (κ2) is 7.72. The van der Waals surface area contributed by atoms with Crippen LogP contribution in [0.25, 0.3) is 0 Å². The van der Waals surface area contributed by atoms with Gasteiger partial charge in [-0.2, -0.15) is 0 Å². The molecule has 0 heterocycles. The van der Waals surface area contributed by atoms with Crippen molar-refractivity contribution in [3.05, 3.63) is 35.4 Å². The van der Waals surface area contributed by atoms with E-state index in [9.17, 15) is 4.79 Å². The van der Waals surface area contributed by atoms with Gasteiger partial charge < -0.3 is 4.90 Å². The molecule has 110 valence electrons. The molecule has 0 radical (unpaired) electrons. The summed E-state index contributed by atoms with van der Waals surface area (Å²) in [5.41, 5.74) is 2.94. The number of hydrogen-bond acceptors (Lipinski definition) is 2. The van der Waals surface area contributed by atoms with Crippen LogP contribution < -0.4 is 0 Å². The summed E-state index contributed by atoms with van der Waals surface area (Å²) in [6.45, 7) is 6.07. The zero-order chi connectivity index (χ0) is 14.4. The maximum absolute atomic E-state index is 12.3. The van der Waals surface area contributed by atoms with Crippen LogP contribution in [0.15, 0.2) is 24.3 Å². The third kappa shape index (κ3) is 4.02. The quantitative estimate of drug-likeness (QED) is 0.766.